The molecule has 110 valence electrons. The number of aromatic nitrogens is 1. The first-order valence-corrected chi connectivity index (χ1v) is 6.60. The van der Waals surface area contributed by atoms with Crippen molar-refractivity contribution in [3.05, 3.63) is 28.1 Å². The Labute approximate surface area is 116 Å². The molecule has 1 aromatic rings. The highest BCUT2D eigenvalue weighted by molar-refractivity contribution is 5.93. The molecule has 2 unspecified atom stereocenters. The van der Waals surface area contributed by atoms with E-state index in [1.165, 1.54) is 12.3 Å². The fraction of sp³-hybridized carbons (Fsp3) is 0.615. The molecule has 0 aliphatic heterocycles. The predicted octanol–water partition coefficient (Wildman–Crippen LogP) is 1.31. The van der Waals surface area contributed by atoms with Gasteiger partial charge in [-0.25, -0.2) is 0 Å². The van der Waals surface area contributed by atoms with Gasteiger partial charge in [0.25, 0.3) is 11.6 Å². The third-order valence-corrected chi connectivity index (χ3v) is 4.19. The van der Waals surface area contributed by atoms with Gasteiger partial charge in [0.1, 0.15) is 5.69 Å². The third-order valence-electron chi connectivity index (χ3n) is 4.19. The lowest BCUT2D eigenvalue weighted by Crippen LogP contribution is -2.61. The van der Waals surface area contributed by atoms with Gasteiger partial charge >= 0.3 is 0 Å². The Morgan fingerprint density at radius 1 is 1.65 bits per heavy atom. The Morgan fingerprint density at radius 3 is 2.75 bits per heavy atom. The van der Waals surface area contributed by atoms with Crippen LogP contribution < -0.4 is 5.32 Å². The summed E-state index contributed by atoms with van der Waals surface area (Å²) in [6, 6.07) is 1.16. The summed E-state index contributed by atoms with van der Waals surface area (Å²) in [6.07, 6.45) is 1.43. The second kappa shape index (κ2) is 4.90. The molecule has 7 heteroatoms. The molecule has 1 aliphatic rings. The first kappa shape index (κ1) is 14.5. The van der Waals surface area contributed by atoms with E-state index in [0.29, 0.717) is 13.0 Å². The largest absolute Gasteiger partial charge is 0.392 e. The van der Waals surface area contributed by atoms with E-state index in [1.807, 2.05) is 20.8 Å². The number of carbonyl (C=O) groups excluding carboxylic acids is 1. The van der Waals surface area contributed by atoms with Crippen LogP contribution in [0.3, 0.4) is 0 Å². The van der Waals surface area contributed by atoms with Crippen molar-refractivity contribution < 1.29 is 14.8 Å². The van der Waals surface area contributed by atoms with Gasteiger partial charge in [0.05, 0.1) is 17.2 Å². The fourth-order valence-corrected chi connectivity index (χ4v) is 2.43. The molecule has 7 nitrogen and oxygen atoms in total. The molecule has 1 amide bonds. The topological polar surface area (TPSA) is 97.4 Å². The number of hydrogen-bond donors (Lipinski definition) is 2. The van der Waals surface area contributed by atoms with Crippen molar-refractivity contribution in [3.8, 4) is 0 Å². The average molecular weight is 281 g/mol. The average Bonchev–Trinajstić information content (AvgIpc) is 2.82. The van der Waals surface area contributed by atoms with Gasteiger partial charge in [-0.1, -0.05) is 13.8 Å². The maximum atomic E-state index is 12.2. The molecule has 2 rings (SSSR count). The van der Waals surface area contributed by atoms with Crippen LogP contribution in [0.1, 0.15) is 37.7 Å². The molecule has 20 heavy (non-hydrogen) atoms. The van der Waals surface area contributed by atoms with Crippen molar-refractivity contribution in [2.24, 2.45) is 5.41 Å². The van der Waals surface area contributed by atoms with Crippen molar-refractivity contribution in [2.75, 3.05) is 0 Å². The molecule has 0 bridgehead atoms. The number of nitro groups is 1. The first-order chi connectivity index (χ1) is 9.27. The zero-order valence-corrected chi connectivity index (χ0v) is 11.8. The Bertz CT molecular complexity index is 550. The highest BCUT2D eigenvalue weighted by Gasteiger charge is 2.48. The lowest BCUT2D eigenvalue weighted by molar-refractivity contribution is -0.384. The van der Waals surface area contributed by atoms with Gasteiger partial charge in [0, 0.05) is 24.1 Å². The SMILES string of the molecule is CCn1cc([N+](=O)[O-])cc1C(=O)NC1CC(O)C1(C)C. The van der Waals surface area contributed by atoms with Crippen LogP contribution >= 0.6 is 0 Å². The van der Waals surface area contributed by atoms with Crippen molar-refractivity contribution >= 4 is 11.6 Å². The van der Waals surface area contributed by atoms with Crippen molar-refractivity contribution in [2.45, 2.75) is 45.9 Å². The Morgan fingerprint density at radius 2 is 2.30 bits per heavy atom. The first-order valence-electron chi connectivity index (χ1n) is 6.60. The molecule has 0 saturated heterocycles. The number of aryl methyl sites for hydroxylation is 1. The Balaban J connectivity index is 2.16. The van der Waals surface area contributed by atoms with Crippen LogP contribution in [0.2, 0.25) is 0 Å². The summed E-state index contributed by atoms with van der Waals surface area (Å²) in [6.45, 7) is 6.06. The predicted molar refractivity (Wildman–Crippen MR) is 72.4 cm³/mol. The molecular formula is C13H19N3O4. The van der Waals surface area contributed by atoms with Crippen molar-refractivity contribution in [1.29, 1.82) is 0 Å². The minimum Gasteiger partial charge on any atom is -0.392 e. The number of aliphatic hydroxyl groups excluding tert-OH is 1. The minimum atomic E-state index is -0.514. The van der Waals surface area contributed by atoms with E-state index in [4.69, 9.17) is 0 Å². The summed E-state index contributed by atoms with van der Waals surface area (Å²) in [5.74, 6) is -0.343. The molecular weight excluding hydrogens is 262 g/mol. The molecule has 0 aromatic carbocycles. The molecule has 0 radical (unpaired) electrons. The smallest absolute Gasteiger partial charge is 0.287 e. The Kier molecular flexibility index (Phi) is 3.56. The van der Waals surface area contributed by atoms with Gasteiger partial charge in [-0.2, -0.15) is 0 Å². The summed E-state index contributed by atoms with van der Waals surface area (Å²) in [5, 5.41) is 23.3. The summed E-state index contributed by atoms with van der Waals surface area (Å²) in [5.41, 5.74) is -0.188. The number of hydrogen-bond acceptors (Lipinski definition) is 4. The lowest BCUT2D eigenvalue weighted by atomic mass is 9.64. The zero-order chi connectivity index (χ0) is 15.1. The lowest BCUT2D eigenvalue weighted by Gasteiger charge is -2.49. The van der Waals surface area contributed by atoms with Crippen LogP contribution in [0.4, 0.5) is 5.69 Å². The number of aliphatic hydroxyl groups is 1. The van der Waals surface area contributed by atoms with E-state index >= 15 is 0 Å². The van der Waals surface area contributed by atoms with E-state index in [9.17, 15) is 20.0 Å². The fourth-order valence-electron chi connectivity index (χ4n) is 2.43. The monoisotopic (exact) mass is 281 g/mol. The maximum absolute atomic E-state index is 12.2. The maximum Gasteiger partial charge on any atom is 0.287 e. The molecule has 0 spiro atoms. The van der Waals surface area contributed by atoms with E-state index in [0.717, 1.165) is 0 Å². The third kappa shape index (κ3) is 2.29. The van der Waals surface area contributed by atoms with Crippen LogP contribution in [0, 0.1) is 15.5 Å². The number of nitrogens with one attached hydrogen (secondary N) is 1. The standard InChI is InChI=1S/C13H19N3O4/c1-4-15-7-8(16(19)20)5-9(15)12(18)14-10-6-11(17)13(10,2)3/h5,7,10-11,17H,4,6H2,1-3H3,(H,14,18). The van der Waals surface area contributed by atoms with Gasteiger partial charge in [0.15, 0.2) is 0 Å². The zero-order valence-electron chi connectivity index (χ0n) is 11.8. The summed E-state index contributed by atoms with van der Waals surface area (Å²) in [4.78, 5) is 22.5. The molecule has 2 atom stereocenters. The van der Waals surface area contributed by atoms with Gasteiger partial charge in [0.2, 0.25) is 0 Å². The van der Waals surface area contributed by atoms with Gasteiger partial charge < -0.3 is 15.0 Å². The number of rotatable bonds is 4. The highest BCUT2D eigenvalue weighted by Crippen LogP contribution is 2.40. The van der Waals surface area contributed by atoms with E-state index in [2.05, 4.69) is 5.32 Å². The number of nitrogens with zero attached hydrogens (tertiary/aromatic N) is 2. The molecule has 1 fully saturated rings. The van der Waals surface area contributed by atoms with Crippen LogP contribution in [-0.2, 0) is 6.54 Å². The minimum absolute atomic E-state index is 0.0927. The summed E-state index contributed by atoms with van der Waals surface area (Å²) >= 11 is 0. The van der Waals surface area contributed by atoms with E-state index in [1.54, 1.807) is 4.57 Å². The number of amides is 1. The van der Waals surface area contributed by atoms with E-state index in [-0.39, 0.29) is 28.7 Å². The van der Waals surface area contributed by atoms with Gasteiger partial charge in [-0.05, 0) is 13.3 Å². The molecule has 1 saturated carbocycles. The van der Waals surface area contributed by atoms with Gasteiger partial charge in [-0.3, -0.25) is 14.9 Å². The van der Waals surface area contributed by atoms with Crippen LogP contribution in [0.15, 0.2) is 12.3 Å². The van der Waals surface area contributed by atoms with Crippen LogP contribution in [-0.4, -0.2) is 32.6 Å². The van der Waals surface area contributed by atoms with Crippen LogP contribution in [0.5, 0.6) is 0 Å². The molecule has 1 heterocycles. The Hall–Kier alpha value is -1.89. The molecule has 1 aliphatic carbocycles. The molecule has 2 N–H and O–H groups in total. The van der Waals surface area contributed by atoms with E-state index < -0.39 is 11.0 Å². The second-order valence-electron chi connectivity index (χ2n) is 5.73. The van der Waals surface area contributed by atoms with Crippen LogP contribution in [0.25, 0.3) is 0 Å². The second-order valence-corrected chi connectivity index (χ2v) is 5.73. The summed E-state index contributed by atoms with van der Waals surface area (Å²) in [7, 11) is 0. The van der Waals surface area contributed by atoms with Gasteiger partial charge in [-0.15, -0.1) is 0 Å². The highest BCUT2D eigenvalue weighted by atomic mass is 16.6. The summed E-state index contributed by atoms with van der Waals surface area (Å²) < 4.78 is 1.55. The van der Waals surface area contributed by atoms with Crippen molar-refractivity contribution in [3.63, 3.8) is 0 Å². The quantitative estimate of drug-likeness (QED) is 0.642. The molecule has 1 aromatic heterocycles. The van der Waals surface area contributed by atoms with Crippen molar-refractivity contribution in [1.82, 2.24) is 9.88 Å². The number of carbonyl (C=O) groups is 1. The normalized spacial score (nSPS) is 24.0.